The lowest BCUT2D eigenvalue weighted by Crippen LogP contribution is -2.27. The van der Waals surface area contributed by atoms with Crippen molar-refractivity contribution in [2.45, 2.75) is 6.54 Å². The summed E-state index contributed by atoms with van der Waals surface area (Å²) in [6.07, 6.45) is 3.59. The van der Waals surface area contributed by atoms with Gasteiger partial charge >= 0.3 is 0 Å². The lowest BCUT2D eigenvalue weighted by molar-refractivity contribution is 0.0780. The number of ether oxygens (including phenoxy) is 1. The number of hydrogen-bond donors (Lipinski definition) is 0. The van der Waals surface area contributed by atoms with Crippen LogP contribution in [0.1, 0.15) is 16.2 Å². The van der Waals surface area contributed by atoms with Crippen LogP contribution in [-0.4, -0.2) is 34.5 Å². The Hall–Kier alpha value is -2.30. The molecule has 0 aliphatic heterocycles. The number of carbonyl (C=O) groups is 1. The normalized spacial score (nSPS) is 10.3. The van der Waals surface area contributed by atoms with Crippen LogP contribution < -0.4 is 4.74 Å². The highest BCUT2D eigenvalue weighted by atomic mass is 16.5. The van der Waals surface area contributed by atoms with Gasteiger partial charge in [0.25, 0.3) is 5.91 Å². The van der Waals surface area contributed by atoms with E-state index in [0.29, 0.717) is 12.1 Å². The van der Waals surface area contributed by atoms with Crippen molar-refractivity contribution in [3.63, 3.8) is 0 Å². The van der Waals surface area contributed by atoms with Gasteiger partial charge in [-0.2, -0.15) is 0 Å². The molecule has 5 heteroatoms. The molecule has 0 aliphatic carbocycles. The standard InChI is InChI=1S/C14H17N3O2/c1-16-9-8-15-13(16)10-17(2)14(18)11-4-6-12(19-3)7-5-11/h4-9H,10H2,1-3H3. The number of imidazole rings is 1. The zero-order valence-electron chi connectivity index (χ0n) is 11.3. The molecule has 5 nitrogen and oxygen atoms in total. The molecule has 0 spiro atoms. The van der Waals surface area contributed by atoms with Crippen LogP contribution in [0.3, 0.4) is 0 Å². The average Bonchev–Trinajstić information content (AvgIpc) is 2.83. The number of methoxy groups -OCH3 is 1. The lowest BCUT2D eigenvalue weighted by Gasteiger charge is -2.17. The summed E-state index contributed by atoms with van der Waals surface area (Å²) in [6.45, 7) is 0.481. The van der Waals surface area contributed by atoms with Crippen molar-refractivity contribution in [1.29, 1.82) is 0 Å². The van der Waals surface area contributed by atoms with Gasteiger partial charge in [0.05, 0.1) is 13.7 Å². The maximum Gasteiger partial charge on any atom is 0.254 e. The Morgan fingerprint density at radius 3 is 2.58 bits per heavy atom. The average molecular weight is 259 g/mol. The molecule has 0 N–H and O–H groups in total. The second kappa shape index (κ2) is 5.56. The van der Waals surface area contributed by atoms with Gasteiger partial charge in [-0.25, -0.2) is 4.98 Å². The van der Waals surface area contributed by atoms with Crippen LogP contribution in [0, 0.1) is 0 Å². The van der Waals surface area contributed by atoms with Crippen LogP contribution in [0.15, 0.2) is 36.7 Å². The van der Waals surface area contributed by atoms with Gasteiger partial charge in [-0.05, 0) is 24.3 Å². The molecular weight excluding hydrogens is 242 g/mol. The number of benzene rings is 1. The van der Waals surface area contributed by atoms with Crippen molar-refractivity contribution in [3.8, 4) is 5.75 Å². The summed E-state index contributed by atoms with van der Waals surface area (Å²) in [6, 6.07) is 7.08. The molecule has 1 amide bonds. The highest BCUT2D eigenvalue weighted by Crippen LogP contribution is 2.13. The van der Waals surface area contributed by atoms with Gasteiger partial charge < -0.3 is 14.2 Å². The van der Waals surface area contributed by atoms with Crippen LogP contribution in [-0.2, 0) is 13.6 Å². The molecule has 19 heavy (non-hydrogen) atoms. The number of nitrogens with zero attached hydrogens (tertiary/aromatic N) is 3. The molecule has 1 aromatic heterocycles. The summed E-state index contributed by atoms with van der Waals surface area (Å²) >= 11 is 0. The second-order valence-corrected chi connectivity index (χ2v) is 4.34. The molecule has 1 heterocycles. The topological polar surface area (TPSA) is 47.4 Å². The minimum absolute atomic E-state index is 0.0364. The molecule has 0 atom stereocenters. The molecule has 0 bridgehead atoms. The van der Waals surface area contributed by atoms with Crippen molar-refractivity contribution in [3.05, 3.63) is 48.0 Å². The van der Waals surface area contributed by atoms with E-state index in [9.17, 15) is 4.79 Å². The molecule has 0 radical (unpaired) electrons. The van der Waals surface area contributed by atoms with E-state index < -0.39 is 0 Å². The quantitative estimate of drug-likeness (QED) is 0.839. The maximum absolute atomic E-state index is 12.2. The Labute approximate surface area is 112 Å². The smallest absolute Gasteiger partial charge is 0.254 e. The monoisotopic (exact) mass is 259 g/mol. The summed E-state index contributed by atoms with van der Waals surface area (Å²) in [5.74, 6) is 1.55. The minimum atomic E-state index is -0.0364. The van der Waals surface area contributed by atoms with Crippen LogP contribution in [0.25, 0.3) is 0 Å². The molecule has 0 saturated heterocycles. The van der Waals surface area contributed by atoms with Crippen molar-refractivity contribution in [2.24, 2.45) is 7.05 Å². The zero-order valence-corrected chi connectivity index (χ0v) is 11.3. The molecule has 2 aromatic rings. The molecule has 2 rings (SSSR count). The van der Waals surface area contributed by atoms with E-state index in [0.717, 1.165) is 11.6 Å². The highest BCUT2D eigenvalue weighted by molar-refractivity contribution is 5.94. The Morgan fingerprint density at radius 2 is 2.05 bits per heavy atom. The van der Waals surface area contributed by atoms with E-state index in [1.165, 1.54) is 0 Å². The maximum atomic E-state index is 12.2. The van der Waals surface area contributed by atoms with Crippen LogP contribution in [0.5, 0.6) is 5.75 Å². The van der Waals surface area contributed by atoms with Gasteiger partial charge in [0.2, 0.25) is 0 Å². The largest absolute Gasteiger partial charge is 0.497 e. The third-order valence-electron chi connectivity index (χ3n) is 2.98. The Kier molecular flexibility index (Phi) is 3.85. The molecule has 100 valence electrons. The fourth-order valence-corrected chi connectivity index (χ4v) is 1.79. The predicted molar refractivity (Wildman–Crippen MR) is 72.0 cm³/mol. The summed E-state index contributed by atoms with van der Waals surface area (Å²) in [7, 11) is 5.28. The summed E-state index contributed by atoms with van der Waals surface area (Å²) < 4.78 is 6.97. The fourth-order valence-electron chi connectivity index (χ4n) is 1.79. The van der Waals surface area contributed by atoms with E-state index >= 15 is 0 Å². The number of rotatable bonds is 4. The summed E-state index contributed by atoms with van der Waals surface area (Å²) in [4.78, 5) is 18.1. The van der Waals surface area contributed by atoms with Gasteiger partial charge in [0.1, 0.15) is 11.6 Å². The Morgan fingerprint density at radius 1 is 1.37 bits per heavy atom. The SMILES string of the molecule is COc1ccc(C(=O)N(C)Cc2nccn2C)cc1. The number of hydrogen-bond acceptors (Lipinski definition) is 3. The highest BCUT2D eigenvalue weighted by Gasteiger charge is 2.13. The van der Waals surface area contributed by atoms with Crippen LogP contribution in [0.4, 0.5) is 0 Å². The fraction of sp³-hybridized carbons (Fsp3) is 0.286. The zero-order chi connectivity index (χ0) is 13.8. The van der Waals surface area contributed by atoms with Crippen LogP contribution in [0.2, 0.25) is 0 Å². The van der Waals surface area contributed by atoms with Crippen molar-refractivity contribution < 1.29 is 9.53 Å². The first-order chi connectivity index (χ1) is 9.11. The lowest BCUT2D eigenvalue weighted by atomic mass is 10.2. The number of carbonyl (C=O) groups excluding carboxylic acids is 1. The second-order valence-electron chi connectivity index (χ2n) is 4.34. The van der Waals surface area contributed by atoms with Gasteiger partial charge in [-0.3, -0.25) is 4.79 Å². The van der Waals surface area contributed by atoms with Gasteiger partial charge in [0.15, 0.2) is 0 Å². The molecule has 0 aliphatic rings. The Bertz CT molecular complexity index is 560. The molecular formula is C14H17N3O2. The molecule has 1 aromatic carbocycles. The van der Waals surface area contributed by atoms with E-state index in [1.807, 2.05) is 17.8 Å². The summed E-state index contributed by atoms with van der Waals surface area (Å²) in [5, 5.41) is 0. The molecule has 0 unspecified atom stereocenters. The van der Waals surface area contributed by atoms with E-state index in [2.05, 4.69) is 4.98 Å². The van der Waals surface area contributed by atoms with Gasteiger partial charge in [-0.1, -0.05) is 0 Å². The minimum Gasteiger partial charge on any atom is -0.497 e. The first kappa shape index (κ1) is 13.1. The third-order valence-corrected chi connectivity index (χ3v) is 2.98. The van der Waals surface area contributed by atoms with E-state index in [-0.39, 0.29) is 5.91 Å². The first-order valence-corrected chi connectivity index (χ1v) is 5.97. The van der Waals surface area contributed by atoms with Crippen molar-refractivity contribution >= 4 is 5.91 Å². The predicted octanol–water partition coefficient (Wildman–Crippen LogP) is 1.70. The Balaban J connectivity index is 2.08. The number of amides is 1. The van der Waals surface area contributed by atoms with Gasteiger partial charge in [0, 0.05) is 32.1 Å². The number of aromatic nitrogens is 2. The number of aryl methyl sites for hydroxylation is 1. The van der Waals surface area contributed by atoms with Crippen molar-refractivity contribution in [1.82, 2.24) is 14.5 Å². The van der Waals surface area contributed by atoms with E-state index in [4.69, 9.17) is 4.74 Å². The van der Waals surface area contributed by atoms with E-state index in [1.54, 1.807) is 49.5 Å². The third kappa shape index (κ3) is 2.93. The molecule has 0 fully saturated rings. The summed E-state index contributed by atoms with van der Waals surface area (Å²) in [5.41, 5.74) is 0.637. The van der Waals surface area contributed by atoms with Crippen LogP contribution >= 0.6 is 0 Å². The van der Waals surface area contributed by atoms with Crippen molar-refractivity contribution in [2.75, 3.05) is 14.2 Å². The van der Waals surface area contributed by atoms with Gasteiger partial charge in [-0.15, -0.1) is 0 Å². The molecule has 0 saturated carbocycles. The first-order valence-electron chi connectivity index (χ1n) is 5.97.